The molecule has 0 radical (unpaired) electrons. The first-order chi connectivity index (χ1) is 14.7. The molecule has 2 aromatic rings. The van der Waals surface area contributed by atoms with Crippen LogP contribution in [0.2, 0.25) is 0 Å². The molecule has 0 saturated heterocycles. The number of halogens is 1. The molecule has 0 N–H and O–H groups in total. The van der Waals surface area contributed by atoms with E-state index in [2.05, 4.69) is 17.1 Å². The summed E-state index contributed by atoms with van der Waals surface area (Å²) >= 11 is 0. The Bertz CT molecular complexity index is 854. The summed E-state index contributed by atoms with van der Waals surface area (Å²) in [6, 6.07) is 10.6. The number of nitrogens with zero attached hydrogens (tertiary/aromatic N) is 1. The monoisotopic (exact) mass is 411 g/mol. The Labute approximate surface area is 178 Å². The van der Waals surface area contributed by atoms with Crippen LogP contribution in [0, 0.1) is 23.6 Å². The van der Waals surface area contributed by atoms with E-state index in [-0.39, 0.29) is 11.9 Å². The summed E-state index contributed by atoms with van der Waals surface area (Å²) in [6.07, 6.45) is 11.1. The summed E-state index contributed by atoms with van der Waals surface area (Å²) in [6.45, 7) is 0.371. The van der Waals surface area contributed by atoms with Crippen LogP contribution in [0.5, 0.6) is 0 Å². The third-order valence-corrected chi connectivity index (χ3v) is 6.61. The Morgan fingerprint density at radius 1 is 1.10 bits per heavy atom. The number of benzene rings is 1. The minimum Gasteiger partial charge on any atom is -0.381 e. The Morgan fingerprint density at radius 2 is 2.00 bits per heavy atom. The van der Waals surface area contributed by atoms with Gasteiger partial charge in [-0.2, -0.15) is 0 Å². The second-order valence-electron chi connectivity index (χ2n) is 8.36. The molecule has 0 bridgehead atoms. The van der Waals surface area contributed by atoms with Gasteiger partial charge in [0.1, 0.15) is 12.6 Å². The summed E-state index contributed by atoms with van der Waals surface area (Å²) in [5.74, 6) is 1.41. The van der Waals surface area contributed by atoms with Crippen molar-refractivity contribution in [3.8, 4) is 11.1 Å². The van der Waals surface area contributed by atoms with E-state index in [0.717, 1.165) is 42.5 Å². The van der Waals surface area contributed by atoms with E-state index in [1.165, 1.54) is 12.1 Å². The van der Waals surface area contributed by atoms with Gasteiger partial charge in [-0.1, -0.05) is 24.3 Å². The molecule has 2 aliphatic carbocycles. The van der Waals surface area contributed by atoms with Crippen LogP contribution in [0.1, 0.15) is 31.4 Å². The average molecular weight is 412 g/mol. The molecular weight excluding hydrogens is 381 g/mol. The topological polar surface area (TPSA) is 40.6 Å². The number of hydrogen-bond donors (Lipinski definition) is 0. The third kappa shape index (κ3) is 4.80. The molecular formula is C25H30FNO3. The van der Waals surface area contributed by atoms with Crippen LogP contribution in [-0.2, 0) is 14.2 Å². The minimum atomic E-state index is -0.236. The number of hydrogen-bond acceptors (Lipinski definition) is 4. The van der Waals surface area contributed by atoms with Crippen molar-refractivity contribution < 1.29 is 18.6 Å². The van der Waals surface area contributed by atoms with Crippen molar-refractivity contribution in [2.45, 2.75) is 37.9 Å². The lowest BCUT2D eigenvalue weighted by Crippen LogP contribution is -2.29. The number of aromatic nitrogens is 1. The third-order valence-electron chi connectivity index (χ3n) is 6.61. The predicted octanol–water partition coefficient (Wildman–Crippen LogP) is 5.34. The largest absolute Gasteiger partial charge is 0.381 e. The highest BCUT2D eigenvalue weighted by Gasteiger charge is 2.45. The van der Waals surface area contributed by atoms with Crippen molar-refractivity contribution in [1.82, 2.24) is 4.98 Å². The van der Waals surface area contributed by atoms with Gasteiger partial charge in [-0.3, -0.25) is 4.98 Å². The number of pyridine rings is 1. The van der Waals surface area contributed by atoms with Crippen molar-refractivity contribution in [3.05, 3.63) is 60.2 Å². The molecule has 0 aliphatic heterocycles. The van der Waals surface area contributed by atoms with Gasteiger partial charge in [-0.25, -0.2) is 4.39 Å². The first-order valence-electron chi connectivity index (χ1n) is 10.7. The summed E-state index contributed by atoms with van der Waals surface area (Å²) in [5, 5.41) is 0. The lowest BCUT2D eigenvalue weighted by atomic mass is 9.76. The SMILES string of the molecule is COCO[C@@H]1CC[C@H]2[C@@H](C1)C[C@@H](OC)[C@H]2C=Cc1ccc(-c2cccc(F)c2)cn1. The minimum absolute atomic E-state index is 0.236. The van der Waals surface area contributed by atoms with E-state index in [9.17, 15) is 4.39 Å². The summed E-state index contributed by atoms with van der Waals surface area (Å²) in [4.78, 5) is 4.56. The molecule has 4 rings (SSSR count). The number of rotatable bonds is 7. The highest BCUT2D eigenvalue weighted by atomic mass is 19.1. The predicted molar refractivity (Wildman–Crippen MR) is 115 cm³/mol. The van der Waals surface area contributed by atoms with Crippen LogP contribution in [0.25, 0.3) is 17.2 Å². The molecule has 160 valence electrons. The Hall–Kier alpha value is -2.08. The Balaban J connectivity index is 1.42. The lowest BCUT2D eigenvalue weighted by Gasteiger charge is -2.33. The van der Waals surface area contributed by atoms with E-state index in [4.69, 9.17) is 14.2 Å². The molecule has 1 aromatic heterocycles. The Kier molecular flexibility index (Phi) is 6.93. The zero-order chi connectivity index (χ0) is 20.9. The van der Waals surface area contributed by atoms with Gasteiger partial charge in [-0.15, -0.1) is 0 Å². The maximum Gasteiger partial charge on any atom is 0.146 e. The number of ether oxygens (including phenoxy) is 3. The van der Waals surface area contributed by atoms with Gasteiger partial charge < -0.3 is 14.2 Å². The van der Waals surface area contributed by atoms with Crippen LogP contribution >= 0.6 is 0 Å². The summed E-state index contributed by atoms with van der Waals surface area (Å²) in [7, 11) is 3.48. The summed E-state index contributed by atoms with van der Waals surface area (Å²) < 4.78 is 30.2. The van der Waals surface area contributed by atoms with Crippen LogP contribution in [0.15, 0.2) is 48.7 Å². The average Bonchev–Trinajstić information content (AvgIpc) is 3.13. The normalized spacial score (nSPS) is 28.7. The maximum absolute atomic E-state index is 13.5. The van der Waals surface area contributed by atoms with Crippen LogP contribution in [0.4, 0.5) is 4.39 Å². The summed E-state index contributed by atoms with van der Waals surface area (Å²) in [5.41, 5.74) is 2.66. The van der Waals surface area contributed by atoms with E-state index < -0.39 is 0 Å². The smallest absolute Gasteiger partial charge is 0.146 e. The van der Waals surface area contributed by atoms with Crippen molar-refractivity contribution in [3.63, 3.8) is 0 Å². The van der Waals surface area contributed by atoms with Crippen molar-refractivity contribution in [2.75, 3.05) is 21.0 Å². The van der Waals surface area contributed by atoms with E-state index in [1.807, 2.05) is 25.3 Å². The van der Waals surface area contributed by atoms with Crippen LogP contribution in [0.3, 0.4) is 0 Å². The van der Waals surface area contributed by atoms with Gasteiger partial charge in [0.25, 0.3) is 0 Å². The molecule has 0 amide bonds. The van der Waals surface area contributed by atoms with E-state index in [0.29, 0.717) is 30.7 Å². The molecule has 1 heterocycles. The highest BCUT2D eigenvalue weighted by molar-refractivity contribution is 5.63. The first-order valence-corrected chi connectivity index (χ1v) is 10.7. The molecule has 1 aromatic carbocycles. The fourth-order valence-corrected chi connectivity index (χ4v) is 5.14. The zero-order valence-corrected chi connectivity index (χ0v) is 17.7. The van der Waals surface area contributed by atoms with Crippen LogP contribution < -0.4 is 0 Å². The molecule has 5 heteroatoms. The van der Waals surface area contributed by atoms with Gasteiger partial charge in [-0.05, 0) is 67.4 Å². The Morgan fingerprint density at radius 3 is 2.73 bits per heavy atom. The second kappa shape index (κ2) is 9.82. The van der Waals surface area contributed by atoms with Gasteiger partial charge in [0.2, 0.25) is 0 Å². The molecule has 5 atom stereocenters. The molecule has 0 unspecified atom stereocenters. The number of methoxy groups -OCH3 is 2. The lowest BCUT2D eigenvalue weighted by molar-refractivity contribution is -0.0930. The fourth-order valence-electron chi connectivity index (χ4n) is 5.14. The molecule has 2 fully saturated rings. The van der Waals surface area contributed by atoms with Gasteiger partial charge >= 0.3 is 0 Å². The second-order valence-corrected chi connectivity index (χ2v) is 8.36. The fraction of sp³-hybridized carbons (Fsp3) is 0.480. The van der Waals surface area contributed by atoms with Crippen LogP contribution in [-0.4, -0.2) is 38.2 Å². The van der Waals surface area contributed by atoms with Gasteiger partial charge in [0.15, 0.2) is 0 Å². The number of fused-ring (bicyclic) bond motifs is 1. The van der Waals surface area contributed by atoms with Crippen molar-refractivity contribution in [1.29, 1.82) is 0 Å². The van der Waals surface area contributed by atoms with Gasteiger partial charge in [0, 0.05) is 31.9 Å². The first kappa shape index (κ1) is 21.2. The van der Waals surface area contributed by atoms with E-state index in [1.54, 1.807) is 19.4 Å². The quantitative estimate of drug-likeness (QED) is 0.577. The van der Waals surface area contributed by atoms with Gasteiger partial charge in [0.05, 0.1) is 17.9 Å². The molecule has 0 spiro atoms. The molecule has 2 aliphatic rings. The van der Waals surface area contributed by atoms with E-state index >= 15 is 0 Å². The van der Waals surface area contributed by atoms with Crippen molar-refractivity contribution >= 4 is 6.08 Å². The maximum atomic E-state index is 13.5. The molecule has 2 saturated carbocycles. The van der Waals surface area contributed by atoms with Crippen molar-refractivity contribution in [2.24, 2.45) is 17.8 Å². The zero-order valence-electron chi connectivity index (χ0n) is 17.7. The molecule has 4 nitrogen and oxygen atoms in total. The highest BCUT2D eigenvalue weighted by Crippen LogP contribution is 2.48. The molecule has 30 heavy (non-hydrogen) atoms. The standard InChI is InChI=1S/C25H30FNO3/c1-28-16-30-22-9-11-23-19(13-22)14-25(29-2)24(23)10-8-21-7-6-18(15-27-21)17-4-3-5-20(26)12-17/h3-8,10,12,15,19,22-25H,9,11,13-14,16H2,1-2H3/t19-,22+,23-,24-,25+/m0/s1.